The van der Waals surface area contributed by atoms with Gasteiger partial charge in [-0.3, -0.25) is 0 Å². The smallest absolute Gasteiger partial charge is 0.180 e. The summed E-state index contributed by atoms with van der Waals surface area (Å²) in [5.74, 6) is -1.03. The van der Waals surface area contributed by atoms with Gasteiger partial charge in [0.1, 0.15) is 10.8 Å². The van der Waals surface area contributed by atoms with Crippen LogP contribution in [-0.2, 0) is 0 Å². The Balaban J connectivity index is 3.46. The third-order valence-corrected chi connectivity index (χ3v) is 1.74. The lowest BCUT2D eigenvalue weighted by atomic mass is 10.2. The third-order valence-electron chi connectivity index (χ3n) is 1.39. The number of phenols is 3. The van der Waals surface area contributed by atoms with E-state index in [0.29, 0.717) is 5.56 Å². The van der Waals surface area contributed by atoms with Crippen molar-refractivity contribution in [1.82, 2.24) is 0 Å². The Morgan fingerprint density at radius 1 is 1.18 bits per heavy atom. The highest BCUT2D eigenvalue weighted by molar-refractivity contribution is 6.33. The number of benzene rings is 1. The highest BCUT2D eigenvalue weighted by Gasteiger charge is 2.11. The minimum Gasteiger partial charge on any atom is -0.506 e. The zero-order valence-corrected chi connectivity index (χ0v) is 6.55. The molecule has 4 heteroatoms. The van der Waals surface area contributed by atoms with Crippen LogP contribution in [0.3, 0.4) is 0 Å². The van der Waals surface area contributed by atoms with Crippen LogP contribution in [0, 0.1) is 6.92 Å². The highest BCUT2D eigenvalue weighted by atomic mass is 35.5. The van der Waals surface area contributed by atoms with Crippen molar-refractivity contribution in [3.05, 3.63) is 16.7 Å². The third kappa shape index (κ3) is 1.19. The number of hydrogen-bond acceptors (Lipinski definition) is 3. The van der Waals surface area contributed by atoms with Crippen LogP contribution in [0.5, 0.6) is 17.2 Å². The molecule has 0 unspecified atom stereocenters. The van der Waals surface area contributed by atoms with Crippen LogP contribution in [0.1, 0.15) is 5.56 Å². The van der Waals surface area contributed by atoms with E-state index in [1.165, 1.54) is 6.07 Å². The van der Waals surface area contributed by atoms with E-state index in [9.17, 15) is 0 Å². The fraction of sp³-hybridized carbons (Fsp3) is 0.143. The predicted molar refractivity (Wildman–Crippen MR) is 41.2 cm³/mol. The molecule has 0 aromatic heterocycles. The van der Waals surface area contributed by atoms with Crippen molar-refractivity contribution in [2.45, 2.75) is 6.92 Å². The first-order valence-corrected chi connectivity index (χ1v) is 3.32. The maximum Gasteiger partial charge on any atom is 0.180 e. The minimum atomic E-state index is -0.491. The second-order valence-corrected chi connectivity index (χ2v) is 2.60. The molecule has 0 spiro atoms. The molecule has 0 aliphatic rings. The van der Waals surface area contributed by atoms with Gasteiger partial charge in [-0.25, -0.2) is 0 Å². The Labute approximate surface area is 68.5 Å². The largest absolute Gasteiger partial charge is 0.506 e. The van der Waals surface area contributed by atoms with Crippen molar-refractivity contribution >= 4 is 11.6 Å². The SMILES string of the molecule is Cc1cc(O)c(O)c(Cl)c1O. The molecule has 11 heavy (non-hydrogen) atoms. The van der Waals surface area contributed by atoms with Gasteiger partial charge in [0.15, 0.2) is 11.5 Å². The molecular formula is C7H7ClO3. The average molecular weight is 175 g/mol. The molecule has 0 atom stereocenters. The topological polar surface area (TPSA) is 60.7 Å². The maximum absolute atomic E-state index is 9.11. The van der Waals surface area contributed by atoms with Gasteiger partial charge >= 0.3 is 0 Å². The Hall–Kier alpha value is -1.09. The lowest BCUT2D eigenvalue weighted by Crippen LogP contribution is -1.78. The fourth-order valence-electron chi connectivity index (χ4n) is 0.739. The summed E-state index contributed by atoms with van der Waals surface area (Å²) >= 11 is 5.43. The molecular weight excluding hydrogens is 168 g/mol. The van der Waals surface area contributed by atoms with E-state index in [4.69, 9.17) is 26.9 Å². The molecule has 0 aliphatic heterocycles. The van der Waals surface area contributed by atoms with Crippen LogP contribution in [0.2, 0.25) is 5.02 Å². The molecule has 3 N–H and O–H groups in total. The van der Waals surface area contributed by atoms with E-state index in [0.717, 1.165) is 0 Å². The molecule has 3 nitrogen and oxygen atoms in total. The quantitative estimate of drug-likeness (QED) is 0.415. The Kier molecular flexibility index (Phi) is 1.83. The molecule has 0 heterocycles. The standard InChI is InChI=1S/C7H7ClO3/c1-3-2-4(9)7(11)5(8)6(3)10/h2,9-11H,1H3. The lowest BCUT2D eigenvalue weighted by molar-refractivity contribution is 0.395. The average Bonchev–Trinajstić information content (AvgIpc) is 1.97. The maximum atomic E-state index is 9.11. The van der Waals surface area contributed by atoms with E-state index >= 15 is 0 Å². The summed E-state index contributed by atoms with van der Waals surface area (Å²) in [6, 6.07) is 1.23. The molecule has 0 fully saturated rings. The van der Waals surface area contributed by atoms with Gasteiger partial charge in [-0.15, -0.1) is 0 Å². The van der Waals surface area contributed by atoms with E-state index < -0.39 is 5.75 Å². The van der Waals surface area contributed by atoms with Gasteiger partial charge in [-0.1, -0.05) is 11.6 Å². The Morgan fingerprint density at radius 3 is 2.27 bits per heavy atom. The number of halogens is 1. The van der Waals surface area contributed by atoms with E-state index in [2.05, 4.69) is 0 Å². The van der Waals surface area contributed by atoms with E-state index in [-0.39, 0.29) is 16.5 Å². The van der Waals surface area contributed by atoms with Crippen LogP contribution in [-0.4, -0.2) is 15.3 Å². The number of aromatic hydroxyl groups is 3. The second kappa shape index (κ2) is 2.51. The zero-order valence-electron chi connectivity index (χ0n) is 5.80. The van der Waals surface area contributed by atoms with Gasteiger partial charge in [-0.05, 0) is 18.6 Å². The summed E-state index contributed by atoms with van der Waals surface area (Å²) in [6.07, 6.45) is 0. The van der Waals surface area contributed by atoms with Crippen molar-refractivity contribution in [3.63, 3.8) is 0 Å². The summed E-state index contributed by atoms with van der Waals surface area (Å²) < 4.78 is 0. The summed E-state index contributed by atoms with van der Waals surface area (Å²) in [5, 5.41) is 26.8. The Bertz CT molecular complexity index is 270. The number of aryl methyl sites for hydroxylation is 1. The second-order valence-electron chi connectivity index (χ2n) is 2.22. The van der Waals surface area contributed by atoms with Crippen molar-refractivity contribution in [2.24, 2.45) is 0 Å². The fourth-order valence-corrected chi connectivity index (χ4v) is 0.985. The Morgan fingerprint density at radius 2 is 1.73 bits per heavy atom. The first-order valence-electron chi connectivity index (χ1n) is 2.94. The number of rotatable bonds is 0. The number of phenolic OH excluding ortho intramolecular Hbond substituents is 3. The molecule has 1 aromatic carbocycles. The molecule has 1 rings (SSSR count). The van der Waals surface area contributed by atoms with Crippen molar-refractivity contribution < 1.29 is 15.3 Å². The van der Waals surface area contributed by atoms with Gasteiger partial charge in [0.05, 0.1) is 0 Å². The molecule has 0 radical (unpaired) electrons. The first-order chi connectivity index (χ1) is 5.04. The molecule has 0 saturated heterocycles. The first kappa shape index (κ1) is 8.01. The summed E-state index contributed by atoms with van der Waals surface area (Å²) in [6.45, 7) is 1.57. The van der Waals surface area contributed by atoms with Gasteiger partial charge in [0.2, 0.25) is 0 Å². The summed E-state index contributed by atoms with van der Waals surface area (Å²) in [7, 11) is 0. The van der Waals surface area contributed by atoms with Crippen LogP contribution in [0.25, 0.3) is 0 Å². The molecule has 0 aliphatic carbocycles. The normalized spacial score (nSPS) is 10.0. The summed E-state index contributed by atoms with van der Waals surface area (Å²) in [5.41, 5.74) is 0.422. The monoisotopic (exact) mass is 174 g/mol. The van der Waals surface area contributed by atoms with Crippen molar-refractivity contribution in [1.29, 1.82) is 0 Å². The number of hydrogen-bond donors (Lipinski definition) is 3. The van der Waals surface area contributed by atoms with Gasteiger partial charge in [-0.2, -0.15) is 0 Å². The lowest BCUT2D eigenvalue weighted by Gasteiger charge is -2.04. The van der Waals surface area contributed by atoms with Crippen LogP contribution < -0.4 is 0 Å². The molecule has 0 amide bonds. The predicted octanol–water partition coefficient (Wildman–Crippen LogP) is 1.77. The van der Waals surface area contributed by atoms with E-state index in [1.54, 1.807) is 6.92 Å². The van der Waals surface area contributed by atoms with Crippen molar-refractivity contribution in [3.8, 4) is 17.2 Å². The van der Waals surface area contributed by atoms with Gasteiger partial charge in [0, 0.05) is 0 Å². The molecule has 0 bridgehead atoms. The van der Waals surface area contributed by atoms with Gasteiger partial charge in [0.25, 0.3) is 0 Å². The van der Waals surface area contributed by atoms with Crippen molar-refractivity contribution in [2.75, 3.05) is 0 Å². The van der Waals surface area contributed by atoms with Crippen LogP contribution in [0.4, 0.5) is 0 Å². The molecule has 1 aromatic rings. The van der Waals surface area contributed by atoms with Crippen LogP contribution >= 0.6 is 11.6 Å². The highest BCUT2D eigenvalue weighted by Crippen LogP contribution is 2.41. The van der Waals surface area contributed by atoms with Gasteiger partial charge < -0.3 is 15.3 Å². The summed E-state index contributed by atoms with van der Waals surface area (Å²) in [4.78, 5) is 0. The zero-order chi connectivity index (χ0) is 8.59. The van der Waals surface area contributed by atoms with E-state index in [1.807, 2.05) is 0 Å². The molecule has 0 saturated carbocycles. The minimum absolute atomic E-state index is 0.207. The van der Waals surface area contributed by atoms with Crippen LogP contribution in [0.15, 0.2) is 6.07 Å². The molecule has 60 valence electrons.